The average Bonchev–Trinajstić information content (AvgIpc) is 2.91. The average molecular weight is 557 g/mol. The molecule has 0 spiro atoms. The molecule has 0 fully saturated rings. The third-order valence-corrected chi connectivity index (χ3v) is 7.07. The molecule has 0 saturated heterocycles. The minimum Gasteiger partial charge on any atom is -0.461 e. The standard InChI is InChI=1S/C33H48O7/c1-7-12-27(34)19-17-25(5)32(38)26(6)30-16-10-8-9-15-28(35)33(39)24(4)14-11-13-22(2)21-29(36)23(3)18-20-31(37)40-30/h7-15,18,21,25-30,32,34-36,38H,16-17,19-20H2,1-6H3/b10-8?,12-7-,13-11?,15-9?,22-21?,23-18?,24-14?/t25-,26-,27-,28+,29-,30+,32-/m1/s1. The van der Waals surface area contributed by atoms with Crippen molar-refractivity contribution in [3.05, 3.63) is 83.6 Å². The van der Waals surface area contributed by atoms with E-state index >= 15 is 0 Å². The molecule has 0 radical (unpaired) electrons. The molecule has 7 atom stereocenters. The molecule has 40 heavy (non-hydrogen) atoms. The summed E-state index contributed by atoms with van der Waals surface area (Å²) in [5.74, 6) is -1.46. The summed E-state index contributed by atoms with van der Waals surface area (Å²) < 4.78 is 5.79. The van der Waals surface area contributed by atoms with Crippen LogP contribution in [0.4, 0.5) is 0 Å². The van der Waals surface area contributed by atoms with Crippen LogP contribution in [0.1, 0.15) is 67.2 Å². The lowest BCUT2D eigenvalue weighted by Crippen LogP contribution is -2.37. The van der Waals surface area contributed by atoms with Crippen molar-refractivity contribution in [1.82, 2.24) is 0 Å². The molecule has 1 aliphatic heterocycles. The summed E-state index contributed by atoms with van der Waals surface area (Å²) in [5.41, 5.74) is 1.74. The van der Waals surface area contributed by atoms with Gasteiger partial charge in [0.05, 0.1) is 24.7 Å². The SMILES string of the molecule is C/C=C\[C@@H](O)CC[C@@H](C)[C@@H](O)[C@H](C)[C@@H]1CC=CC=C[C@H](O)C(=O)C(C)=CC=CC(C)=C[C@@H](O)C(C)=CCC(=O)O1. The number of aliphatic hydroxyl groups excluding tert-OH is 4. The first-order valence-electron chi connectivity index (χ1n) is 14.0. The maximum Gasteiger partial charge on any atom is 0.309 e. The van der Waals surface area contributed by atoms with Gasteiger partial charge in [-0.05, 0) is 69.8 Å². The van der Waals surface area contributed by atoms with Crippen LogP contribution in [-0.2, 0) is 14.3 Å². The predicted octanol–water partition coefficient (Wildman–Crippen LogP) is 4.84. The second kappa shape index (κ2) is 18.5. The Kier molecular flexibility index (Phi) is 16.3. The zero-order chi connectivity index (χ0) is 30.2. The molecule has 0 aromatic carbocycles. The van der Waals surface area contributed by atoms with E-state index in [1.165, 1.54) is 6.08 Å². The van der Waals surface area contributed by atoms with Crippen LogP contribution in [0.15, 0.2) is 83.6 Å². The first-order valence-corrected chi connectivity index (χ1v) is 14.0. The van der Waals surface area contributed by atoms with Crippen LogP contribution >= 0.6 is 0 Å². The Labute approximate surface area is 239 Å². The van der Waals surface area contributed by atoms with Crippen LogP contribution in [0.2, 0.25) is 0 Å². The highest BCUT2D eigenvalue weighted by Crippen LogP contribution is 2.25. The Morgan fingerprint density at radius 2 is 1.73 bits per heavy atom. The van der Waals surface area contributed by atoms with Gasteiger partial charge in [-0.1, -0.05) is 74.1 Å². The Morgan fingerprint density at radius 1 is 1.02 bits per heavy atom. The van der Waals surface area contributed by atoms with E-state index in [9.17, 15) is 30.0 Å². The van der Waals surface area contributed by atoms with Crippen molar-refractivity contribution in [2.45, 2.75) is 97.7 Å². The van der Waals surface area contributed by atoms with E-state index in [0.29, 0.717) is 30.4 Å². The van der Waals surface area contributed by atoms with Crippen LogP contribution < -0.4 is 0 Å². The highest BCUT2D eigenvalue weighted by atomic mass is 16.5. The highest BCUT2D eigenvalue weighted by molar-refractivity contribution is 5.99. The number of Topliss-reactive ketones (excluding diaryl/α,β-unsaturated/α-hetero) is 1. The number of ketones is 1. The molecule has 7 nitrogen and oxygen atoms in total. The summed E-state index contributed by atoms with van der Waals surface area (Å²) in [6.07, 6.45) is 15.3. The van der Waals surface area contributed by atoms with Crippen molar-refractivity contribution in [1.29, 1.82) is 0 Å². The van der Waals surface area contributed by atoms with Crippen molar-refractivity contribution >= 4 is 11.8 Å². The molecular weight excluding hydrogens is 508 g/mol. The molecule has 222 valence electrons. The molecule has 4 N–H and O–H groups in total. The first kappa shape index (κ1) is 35.2. The number of esters is 1. The van der Waals surface area contributed by atoms with E-state index in [4.69, 9.17) is 4.74 Å². The van der Waals surface area contributed by atoms with E-state index in [2.05, 4.69) is 0 Å². The van der Waals surface area contributed by atoms with Gasteiger partial charge in [-0.25, -0.2) is 0 Å². The van der Waals surface area contributed by atoms with Gasteiger partial charge in [0, 0.05) is 12.3 Å². The smallest absolute Gasteiger partial charge is 0.309 e. The molecule has 1 rings (SSSR count). The van der Waals surface area contributed by atoms with Crippen molar-refractivity contribution < 1.29 is 34.8 Å². The van der Waals surface area contributed by atoms with Gasteiger partial charge in [0.25, 0.3) is 0 Å². The van der Waals surface area contributed by atoms with Gasteiger partial charge in [-0.2, -0.15) is 0 Å². The predicted molar refractivity (Wildman–Crippen MR) is 159 cm³/mol. The maximum atomic E-state index is 12.8. The molecule has 1 aliphatic rings. The number of rotatable bonds is 7. The lowest BCUT2D eigenvalue weighted by molar-refractivity contribution is -0.153. The molecular formula is C33H48O7. The van der Waals surface area contributed by atoms with Crippen LogP contribution in [0, 0.1) is 11.8 Å². The van der Waals surface area contributed by atoms with Crippen LogP contribution in [0.3, 0.4) is 0 Å². The number of carbonyl (C=O) groups excluding carboxylic acids is 2. The van der Waals surface area contributed by atoms with Crippen LogP contribution in [0.25, 0.3) is 0 Å². The second-order valence-electron chi connectivity index (χ2n) is 10.6. The summed E-state index contributed by atoms with van der Waals surface area (Å²) in [4.78, 5) is 25.2. The molecule has 1 heterocycles. The number of carbonyl (C=O) groups is 2. The zero-order valence-corrected chi connectivity index (χ0v) is 24.7. The quantitative estimate of drug-likeness (QED) is 0.261. The van der Waals surface area contributed by atoms with Crippen LogP contribution in [-0.4, -0.2) is 62.7 Å². The molecule has 0 aliphatic carbocycles. The van der Waals surface area contributed by atoms with Gasteiger partial charge >= 0.3 is 5.97 Å². The number of hydrogen-bond acceptors (Lipinski definition) is 7. The fourth-order valence-corrected chi connectivity index (χ4v) is 4.26. The van der Waals surface area contributed by atoms with E-state index in [1.807, 2.05) is 27.7 Å². The minimum atomic E-state index is -1.31. The minimum absolute atomic E-state index is 0.0319. The molecule has 0 aromatic rings. The van der Waals surface area contributed by atoms with E-state index in [1.54, 1.807) is 74.6 Å². The monoisotopic (exact) mass is 556 g/mol. The zero-order valence-electron chi connectivity index (χ0n) is 24.7. The molecule has 0 saturated carbocycles. The Bertz CT molecular complexity index is 1030. The van der Waals surface area contributed by atoms with Crippen molar-refractivity contribution in [2.75, 3.05) is 0 Å². The fraction of sp³-hybridized carbons (Fsp3) is 0.515. The van der Waals surface area contributed by atoms with Crippen molar-refractivity contribution in [3.63, 3.8) is 0 Å². The number of hydrogen-bond donors (Lipinski definition) is 4. The summed E-state index contributed by atoms with van der Waals surface area (Å²) in [5, 5.41) is 41.8. The molecule has 0 amide bonds. The van der Waals surface area contributed by atoms with Gasteiger partial charge in [0.2, 0.25) is 0 Å². The topological polar surface area (TPSA) is 124 Å². The summed E-state index contributed by atoms with van der Waals surface area (Å²) >= 11 is 0. The number of ether oxygens (including phenoxy) is 1. The molecule has 0 aromatic heterocycles. The normalized spacial score (nSPS) is 25.4. The largest absolute Gasteiger partial charge is 0.461 e. The Morgan fingerprint density at radius 3 is 2.40 bits per heavy atom. The Hall–Kier alpha value is -2.84. The Balaban J connectivity index is 3.20. The molecule has 0 unspecified atom stereocenters. The van der Waals surface area contributed by atoms with Gasteiger partial charge in [0.1, 0.15) is 12.2 Å². The molecule has 7 heteroatoms. The lowest BCUT2D eigenvalue weighted by atomic mass is 9.85. The van der Waals surface area contributed by atoms with E-state index in [0.717, 1.165) is 5.57 Å². The van der Waals surface area contributed by atoms with Gasteiger partial charge in [-0.15, -0.1) is 0 Å². The highest BCUT2D eigenvalue weighted by Gasteiger charge is 2.30. The second-order valence-corrected chi connectivity index (χ2v) is 10.6. The van der Waals surface area contributed by atoms with Crippen molar-refractivity contribution in [3.8, 4) is 0 Å². The van der Waals surface area contributed by atoms with E-state index in [-0.39, 0.29) is 12.3 Å². The third-order valence-electron chi connectivity index (χ3n) is 7.07. The number of cyclic esters (lactones) is 1. The first-order chi connectivity index (χ1) is 18.9. The summed E-state index contributed by atoms with van der Waals surface area (Å²) in [6.45, 7) is 10.7. The summed E-state index contributed by atoms with van der Waals surface area (Å²) in [6, 6.07) is 0. The van der Waals surface area contributed by atoms with E-state index < -0.39 is 48.2 Å². The third kappa shape index (κ3) is 13.0. The van der Waals surface area contributed by atoms with Crippen LogP contribution in [0.5, 0.6) is 0 Å². The van der Waals surface area contributed by atoms with Gasteiger partial charge in [0.15, 0.2) is 5.78 Å². The summed E-state index contributed by atoms with van der Waals surface area (Å²) in [7, 11) is 0. The van der Waals surface area contributed by atoms with Gasteiger partial charge in [-0.3, -0.25) is 9.59 Å². The maximum absolute atomic E-state index is 12.8. The van der Waals surface area contributed by atoms with Gasteiger partial charge < -0.3 is 25.2 Å². The molecule has 0 bridgehead atoms. The number of aliphatic hydroxyl groups is 4. The number of allylic oxidation sites excluding steroid dienone is 7. The fourth-order valence-electron chi connectivity index (χ4n) is 4.26. The lowest BCUT2D eigenvalue weighted by Gasteiger charge is -2.31. The van der Waals surface area contributed by atoms with Crippen molar-refractivity contribution in [2.24, 2.45) is 11.8 Å².